The number of hydrazone groups is 1. The molecule has 0 radical (unpaired) electrons. The summed E-state index contributed by atoms with van der Waals surface area (Å²) in [5.41, 5.74) is 6.23. The molecular weight excluding hydrogens is 460 g/mol. The maximum atomic E-state index is 13.1. The monoisotopic (exact) mass is 484 g/mol. The zero-order valence-corrected chi connectivity index (χ0v) is 20.0. The molecule has 4 rings (SSSR count). The Morgan fingerprint density at radius 2 is 1.51 bits per heavy atom. The molecular formula is C29H25ClN2O3. The quantitative estimate of drug-likeness (QED) is 0.227. The number of methoxy groups -OCH3 is 1. The van der Waals surface area contributed by atoms with E-state index in [4.69, 9.17) is 21.1 Å². The number of carbonyl (C=O) groups is 1. The van der Waals surface area contributed by atoms with Crippen molar-refractivity contribution in [2.45, 2.75) is 12.5 Å². The van der Waals surface area contributed by atoms with Crippen LogP contribution in [0.1, 0.15) is 28.2 Å². The van der Waals surface area contributed by atoms with Crippen LogP contribution in [-0.4, -0.2) is 19.2 Å². The molecule has 0 fully saturated rings. The number of carbonyl (C=O) groups excluding carboxylic acids is 1. The molecule has 0 saturated heterocycles. The number of hydrogen-bond acceptors (Lipinski definition) is 4. The molecule has 4 aromatic rings. The standard InChI is InChI=1S/C29H25ClN2O3/c1-34-27-18-22(14-17-26(27)35-20-21-12-15-25(30)16-13-21)19-31-32-29(33)28(23-8-4-2-5-9-23)24-10-6-3-7-11-24/h2-19,28H,20H2,1H3,(H,32,33)/b31-19+. The summed E-state index contributed by atoms with van der Waals surface area (Å²) in [4.78, 5) is 13.1. The molecule has 35 heavy (non-hydrogen) atoms. The van der Waals surface area contributed by atoms with Crippen molar-refractivity contribution < 1.29 is 14.3 Å². The lowest BCUT2D eigenvalue weighted by atomic mass is 9.91. The lowest BCUT2D eigenvalue weighted by molar-refractivity contribution is -0.121. The van der Waals surface area contributed by atoms with Gasteiger partial charge >= 0.3 is 0 Å². The van der Waals surface area contributed by atoms with Crippen molar-refractivity contribution in [2.75, 3.05) is 7.11 Å². The van der Waals surface area contributed by atoms with E-state index in [0.717, 1.165) is 22.3 Å². The Balaban J connectivity index is 1.44. The van der Waals surface area contributed by atoms with Crippen LogP contribution in [0.4, 0.5) is 0 Å². The van der Waals surface area contributed by atoms with Gasteiger partial charge in [-0.1, -0.05) is 84.4 Å². The van der Waals surface area contributed by atoms with Gasteiger partial charge in [-0.25, -0.2) is 5.43 Å². The van der Waals surface area contributed by atoms with E-state index in [2.05, 4.69) is 10.5 Å². The molecule has 0 aliphatic heterocycles. The number of nitrogens with one attached hydrogen (secondary N) is 1. The minimum absolute atomic E-state index is 0.214. The second-order valence-corrected chi connectivity index (χ2v) is 8.25. The number of benzene rings is 4. The van der Waals surface area contributed by atoms with Crippen LogP contribution in [0.5, 0.6) is 11.5 Å². The first-order valence-electron chi connectivity index (χ1n) is 11.1. The summed E-state index contributed by atoms with van der Waals surface area (Å²) in [6.45, 7) is 0.386. The van der Waals surface area contributed by atoms with Crippen LogP contribution in [0.15, 0.2) is 108 Å². The van der Waals surface area contributed by atoms with E-state index in [1.54, 1.807) is 19.4 Å². The summed E-state index contributed by atoms with van der Waals surface area (Å²) >= 11 is 5.94. The lowest BCUT2D eigenvalue weighted by Gasteiger charge is -2.16. The smallest absolute Gasteiger partial charge is 0.252 e. The fourth-order valence-electron chi connectivity index (χ4n) is 3.65. The Hall–Kier alpha value is -4.09. The van der Waals surface area contributed by atoms with Crippen molar-refractivity contribution in [2.24, 2.45) is 5.10 Å². The Morgan fingerprint density at radius 1 is 0.886 bits per heavy atom. The SMILES string of the molecule is COc1cc(/C=N/NC(=O)C(c2ccccc2)c2ccccc2)ccc1OCc1ccc(Cl)cc1. The molecule has 0 aliphatic rings. The van der Waals surface area contributed by atoms with E-state index in [1.807, 2.05) is 97.1 Å². The van der Waals surface area contributed by atoms with Crippen LogP contribution >= 0.6 is 11.6 Å². The zero-order valence-electron chi connectivity index (χ0n) is 19.2. The molecule has 0 heterocycles. The summed E-state index contributed by atoms with van der Waals surface area (Å²) in [5, 5.41) is 4.87. The van der Waals surface area contributed by atoms with Gasteiger partial charge in [-0.15, -0.1) is 0 Å². The summed E-state index contributed by atoms with van der Waals surface area (Å²) in [6.07, 6.45) is 1.58. The Labute approximate surface area is 210 Å². The van der Waals surface area contributed by atoms with Crippen molar-refractivity contribution in [1.29, 1.82) is 0 Å². The summed E-state index contributed by atoms with van der Waals surface area (Å²) in [7, 11) is 1.58. The Morgan fingerprint density at radius 3 is 2.11 bits per heavy atom. The van der Waals surface area contributed by atoms with Gasteiger partial charge in [0.05, 0.1) is 19.2 Å². The van der Waals surface area contributed by atoms with Gasteiger partial charge < -0.3 is 9.47 Å². The minimum atomic E-state index is -0.465. The molecule has 0 aliphatic carbocycles. The van der Waals surface area contributed by atoms with Crippen molar-refractivity contribution in [3.05, 3.63) is 130 Å². The van der Waals surface area contributed by atoms with E-state index in [1.165, 1.54) is 0 Å². The third-order valence-corrected chi connectivity index (χ3v) is 5.66. The molecule has 1 N–H and O–H groups in total. The number of nitrogens with zero attached hydrogens (tertiary/aromatic N) is 1. The summed E-state index contributed by atoms with van der Waals surface area (Å²) < 4.78 is 11.4. The van der Waals surface area contributed by atoms with Gasteiger partial charge in [-0.2, -0.15) is 5.10 Å². The van der Waals surface area contributed by atoms with Crippen LogP contribution in [-0.2, 0) is 11.4 Å². The van der Waals surface area contributed by atoms with E-state index >= 15 is 0 Å². The minimum Gasteiger partial charge on any atom is -0.493 e. The molecule has 0 unspecified atom stereocenters. The van der Waals surface area contributed by atoms with Crippen LogP contribution in [0.3, 0.4) is 0 Å². The number of hydrogen-bond donors (Lipinski definition) is 1. The van der Waals surface area contributed by atoms with Gasteiger partial charge in [0, 0.05) is 5.02 Å². The van der Waals surface area contributed by atoms with Gasteiger partial charge in [-0.3, -0.25) is 4.79 Å². The third-order valence-electron chi connectivity index (χ3n) is 5.41. The van der Waals surface area contributed by atoms with Crippen molar-refractivity contribution in [3.8, 4) is 11.5 Å². The molecule has 4 aromatic carbocycles. The van der Waals surface area contributed by atoms with E-state index in [9.17, 15) is 4.79 Å². The summed E-state index contributed by atoms with van der Waals surface area (Å²) in [6, 6.07) is 32.2. The maximum absolute atomic E-state index is 13.1. The fraction of sp³-hybridized carbons (Fsp3) is 0.103. The highest BCUT2D eigenvalue weighted by Crippen LogP contribution is 2.29. The van der Waals surface area contributed by atoms with Crippen LogP contribution in [0.25, 0.3) is 0 Å². The van der Waals surface area contributed by atoms with E-state index < -0.39 is 5.92 Å². The van der Waals surface area contributed by atoms with E-state index in [0.29, 0.717) is 23.1 Å². The highest BCUT2D eigenvalue weighted by atomic mass is 35.5. The third kappa shape index (κ3) is 6.49. The predicted octanol–water partition coefficient (Wildman–Crippen LogP) is 6.21. The second kappa shape index (κ2) is 11.9. The average molecular weight is 485 g/mol. The number of amides is 1. The largest absolute Gasteiger partial charge is 0.493 e. The van der Waals surface area contributed by atoms with Crippen molar-refractivity contribution in [1.82, 2.24) is 5.43 Å². The van der Waals surface area contributed by atoms with Gasteiger partial charge in [0.1, 0.15) is 6.61 Å². The van der Waals surface area contributed by atoms with Gasteiger partial charge in [0.2, 0.25) is 0 Å². The Bertz CT molecular complexity index is 1240. The topological polar surface area (TPSA) is 59.9 Å². The second-order valence-electron chi connectivity index (χ2n) is 7.81. The first kappa shape index (κ1) is 24.0. The van der Waals surface area contributed by atoms with Crippen molar-refractivity contribution in [3.63, 3.8) is 0 Å². The number of ether oxygens (including phenoxy) is 2. The molecule has 0 saturated carbocycles. The molecule has 0 spiro atoms. The Kier molecular flexibility index (Phi) is 8.15. The molecule has 1 amide bonds. The van der Waals surface area contributed by atoms with Gasteiger partial charge in [-0.05, 0) is 52.6 Å². The number of rotatable bonds is 9. The summed E-state index contributed by atoms with van der Waals surface area (Å²) in [5.74, 6) is 0.499. The number of halogens is 1. The fourth-order valence-corrected chi connectivity index (χ4v) is 3.77. The first-order valence-corrected chi connectivity index (χ1v) is 11.5. The highest BCUT2D eigenvalue weighted by molar-refractivity contribution is 6.30. The van der Waals surface area contributed by atoms with Crippen molar-refractivity contribution >= 4 is 23.7 Å². The van der Waals surface area contributed by atoms with Crippen LogP contribution < -0.4 is 14.9 Å². The first-order chi connectivity index (χ1) is 17.1. The van der Waals surface area contributed by atoms with Crippen LogP contribution in [0.2, 0.25) is 5.02 Å². The maximum Gasteiger partial charge on any atom is 0.252 e. The van der Waals surface area contributed by atoms with E-state index in [-0.39, 0.29) is 5.91 Å². The average Bonchev–Trinajstić information content (AvgIpc) is 2.90. The predicted molar refractivity (Wildman–Crippen MR) is 139 cm³/mol. The molecule has 0 atom stereocenters. The normalized spacial score (nSPS) is 10.9. The molecule has 0 aromatic heterocycles. The van der Waals surface area contributed by atoms with Gasteiger partial charge in [0.15, 0.2) is 11.5 Å². The highest BCUT2D eigenvalue weighted by Gasteiger charge is 2.22. The molecule has 6 heteroatoms. The molecule has 5 nitrogen and oxygen atoms in total. The van der Waals surface area contributed by atoms with Crippen LogP contribution in [0, 0.1) is 0 Å². The molecule has 0 bridgehead atoms. The zero-order chi connectivity index (χ0) is 24.5. The molecule has 176 valence electrons. The lowest BCUT2D eigenvalue weighted by Crippen LogP contribution is -2.26. The van der Waals surface area contributed by atoms with Gasteiger partial charge in [0.25, 0.3) is 5.91 Å².